The van der Waals surface area contributed by atoms with Gasteiger partial charge in [0.1, 0.15) is 11.9 Å². The number of aromatic nitrogens is 2. The fourth-order valence-electron chi connectivity index (χ4n) is 1.44. The lowest BCUT2D eigenvalue weighted by Gasteiger charge is -2.07. The summed E-state index contributed by atoms with van der Waals surface area (Å²) in [4.78, 5) is 3.87. The standard InChI is InChI=1S/C11H9FN4/c12-9-2-1-8(10(14)5-9)7-16-4-3-15-11(16)6-13/h1-5H,7,14H2. The Hall–Kier alpha value is -2.35. The van der Waals surface area contributed by atoms with Crippen LogP contribution in [0.2, 0.25) is 0 Å². The summed E-state index contributed by atoms with van der Waals surface area (Å²) in [6.07, 6.45) is 3.22. The summed E-state index contributed by atoms with van der Waals surface area (Å²) in [7, 11) is 0. The highest BCUT2D eigenvalue weighted by Gasteiger charge is 2.05. The van der Waals surface area contributed by atoms with Gasteiger partial charge in [0.2, 0.25) is 5.82 Å². The first kappa shape index (κ1) is 10.2. The lowest BCUT2D eigenvalue weighted by atomic mass is 10.2. The van der Waals surface area contributed by atoms with Gasteiger partial charge in [-0.1, -0.05) is 6.07 Å². The van der Waals surface area contributed by atoms with E-state index in [1.165, 1.54) is 18.3 Å². The van der Waals surface area contributed by atoms with E-state index in [1.54, 1.807) is 16.8 Å². The zero-order chi connectivity index (χ0) is 11.5. The molecule has 1 aromatic heterocycles. The van der Waals surface area contributed by atoms with Crippen LogP contribution in [-0.4, -0.2) is 9.55 Å². The van der Waals surface area contributed by atoms with E-state index in [9.17, 15) is 4.39 Å². The molecule has 16 heavy (non-hydrogen) atoms. The number of nitriles is 1. The van der Waals surface area contributed by atoms with Crippen LogP contribution in [-0.2, 0) is 6.54 Å². The number of hydrogen-bond acceptors (Lipinski definition) is 3. The summed E-state index contributed by atoms with van der Waals surface area (Å²) in [5.74, 6) is -0.0592. The molecule has 1 aromatic carbocycles. The van der Waals surface area contributed by atoms with Crippen LogP contribution in [0, 0.1) is 17.1 Å². The Balaban J connectivity index is 2.31. The molecule has 0 fully saturated rings. The Labute approximate surface area is 91.8 Å². The maximum atomic E-state index is 12.8. The monoisotopic (exact) mass is 216 g/mol. The molecule has 2 rings (SSSR count). The van der Waals surface area contributed by atoms with Crippen LogP contribution in [0.3, 0.4) is 0 Å². The lowest BCUT2D eigenvalue weighted by Crippen LogP contribution is -2.04. The minimum absolute atomic E-state index is 0.309. The van der Waals surface area contributed by atoms with Crippen molar-refractivity contribution in [1.29, 1.82) is 5.26 Å². The van der Waals surface area contributed by atoms with Crippen molar-refractivity contribution in [1.82, 2.24) is 9.55 Å². The summed E-state index contributed by atoms with van der Waals surface area (Å²) < 4.78 is 14.5. The molecule has 0 amide bonds. The van der Waals surface area contributed by atoms with Gasteiger partial charge in [0.25, 0.3) is 0 Å². The Bertz CT molecular complexity index is 553. The second kappa shape index (κ2) is 4.03. The first-order valence-corrected chi connectivity index (χ1v) is 4.66. The van der Waals surface area contributed by atoms with E-state index in [-0.39, 0.29) is 5.82 Å². The van der Waals surface area contributed by atoms with E-state index in [1.807, 2.05) is 6.07 Å². The molecule has 1 heterocycles. The number of nitrogens with two attached hydrogens (primary N) is 1. The van der Waals surface area contributed by atoms with Crippen LogP contribution in [0.25, 0.3) is 0 Å². The summed E-state index contributed by atoms with van der Waals surface area (Å²) in [6.45, 7) is 0.412. The van der Waals surface area contributed by atoms with Gasteiger partial charge in [-0.05, 0) is 17.7 Å². The smallest absolute Gasteiger partial charge is 0.213 e. The van der Waals surface area contributed by atoms with Gasteiger partial charge in [-0.3, -0.25) is 0 Å². The minimum atomic E-state index is -0.368. The molecule has 0 spiro atoms. The van der Waals surface area contributed by atoms with Crippen LogP contribution in [0.5, 0.6) is 0 Å². The third-order valence-electron chi connectivity index (χ3n) is 2.26. The number of rotatable bonds is 2. The summed E-state index contributed by atoms with van der Waals surface area (Å²) in [6, 6.07) is 6.17. The molecule has 4 nitrogen and oxygen atoms in total. The van der Waals surface area contributed by atoms with E-state index < -0.39 is 0 Å². The number of anilines is 1. The Morgan fingerprint density at radius 2 is 2.31 bits per heavy atom. The third kappa shape index (κ3) is 1.86. The minimum Gasteiger partial charge on any atom is -0.398 e. The van der Waals surface area contributed by atoms with E-state index in [2.05, 4.69) is 4.98 Å². The molecule has 0 saturated carbocycles. The molecular weight excluding hydrogens is 207 g/mol. The van der Waals surface area contributed by atoms with Crippen molar-refractivity contribution in [3.8, 4) is 6.07 Å². The van der Waals surface area contributed by atoms with Crippen LogP contribution in [0.4, 0.5) is 10.1 Å². The molecule has 2 aromatic rings. The number of imidazole rings is 1. The highest BCUT2D eigenvalue weighted by Crippen LogP contribution is 2.15. The van der Waals surface area contributed by atoms with Crippen molar-refractivity contribution in [2.24, 2.45) is 0 Å². The van der Waals surface area contributed by atoms with E-state index in [0.717, 1.165) is 5.56 Å². The number of benzene rings is 1. The van der Waals surface area contributed by atoms with Gasteiger partial charge < -0.3 is 10.3 Å². The van der Waals surface area contributed by atoms with Crippen LogP contribution >= 0.6 is 0 Å². The van der Waals surface area contributed by atoms with Gasteiger partial charge in [-0.2, -0.15) is 5.26 Å². The Morgan fingerprint density at radius 3 is 3.00 bits per heavy atom. The molecule has 80 valence electrons. The number of nitrogens with zero attached hydrogens (tertiary/aromatic N) is 3. The van der Waals surface area contributed by atoms with Crippen molar-refractivity contribution in [2.45, 2.75) is 6.54 Å². The molecule has 0 bridgehead atoms. The first-order valence-electron chi connectivity index (χ1n) is 4.66. The molecule has 0 unspecified atom stereocenters. The predicted molar refractivity (Wildman–Crippen MR) is 56.9 cm³/mol. The highest BCUT2D eigenvalue weighted by atomic mass is 19.1. The van der Waals surface area contributed by atoms with Gasteiger partial charge >= 0.3 is 0 Å². The fraction of sp³-hybridized carbons (Fsp3) is 0.0909. The lowest BCUT2D eigenvalue weighted by molar-refractivity contribution is 0.627. The molecule has 0 atom stereocenters. The average Bonchev–Trinajstić information content (AvgIpc) is 2.69. The molecule has 0 radical (unpaired) electrons. The quantitative estimate of drug-likeness (QED) is 0.774. The highest BCUT2D eigenvalue weighted by molar-refractivity contribution is 5.47. The third-order valence-corrected chi connectivity index (χ3v) is 2.26. The van der Waals surface area contributed by atoms with E-state index in [0.29, 0.717) is 18.1 Å². The molecule has 0 saturated heterocycles. The topological polar surface area (TPSA) is 67.6 Å². The number of hydrogen-bond donors (Lipinski definition) is 1. The largest absolute Gasteiger partial charge is 0.398 e. The summed E-state index contributed by atoms with van der Waals surface area (Å²) in [5.41, 5.74) is 6.81. The van der Waals surface area contributed by atoms with Crippen molar-refractivity contribution in [3.05, 3.63) is 47.8 Å². The maximum absolute atomic E-state index is 12.8. The van der Waals surface area contributed by atoms with Gasteiger partial charge in [-0.25, -0.2) is 9.37 Å². The van der Waals surface area contributed by atoms with E-state index in [4.69, 9.17) is 11.0 Å². The van der Waals surface area contributed by atoms with Crippen LogP contribution in [0.15, 0.2) is 30.6 Å². The fourth-order valence-corrected chi connectivity index (χ4v) is 1.44. The molecule has 0 aliphatic rings. The van der Waals surface area contributed by atoms with Crippen LogP contribution < -0.4 is 5.73 Å². The molecule has 2 N–H and O–H groups in total. The Morgan fingerprint density at radius 1 is 1.50 bits per heavy atom. The second-order valence-corrected chi connectivity index (χ2v) is 3.33. The van der Waals surface area contributed by atoms with Gasteiger partial charge in [0, 0.05) is 18.1 Å². The molecule has 0 aliphatic carbocycles. The molecule has 5 heteroatoms. The summed E-state index contributed by atoms with van der Waals surface area (Å²) in [5, 5.41) is 8.77. The predicted octanol–water partition coefficient (Wildman–Crippen LogP) is 1.52. The first-order chi connectivity index (χ1) is 7.70. The van der Waals surface area contributed by atoms with Gasteiger partial charge in [0.05, 0.1) is 6.54 Å². The molecular formula is C11H9FN4. The van der Waals surface area contributed by atoms with Crippen LogP contribution in [0.1, 0.15) is 11.4 Å². The van der Waals surface area contributed by atoms with Crippen molar-refractivity contribution < 1.29 is 4.39 Å². The summed E-state index contributed by atoms with van der Waals surface area (Å²) >= 11 is 0. The van der Waals surface area contributed by atoms with Crippen molar-refractivity contribution in [3.63, 3.8) is 0 Å². The average molecular weight is 216 g/mol. The normalized spacial score (nSPS) is 10.0. The number of halogens is 1. The van der Waals surface area contributed by atoms with E-state index >= 15 is 0 Å². The number of nitrogen functional groups attached to an aromatic ring is 1. The van der Waals surface area contributed by atoms with Crippen molar-refractivity contribution >= 4 is 5.69 Å². The Kier molecular flexibility index (Phi) is 2.56. The zero-order valence-corrected chi connectivity index (χ0v) is 8.39. The van der Waals surface area contributed by atoms with Gasteiger partial charge in [-0.15, -0.1) is 0 Å². The molecule has 0 aliphatic heterocycles. The SMILES string of the molecule is N#Cc1nccn1Cc1ccc(F)cc1N. The second-order valence-electron chi connectivity index (χ2n) is 3.33. The zero-order valence-electron chi connectivity index (χ0n) is 8.39. The van der Waals surface area contributed by atoms with Crippen molar-refractivity contribution in [2.75, 3.05) is 5.73 Å². The maximum Gasteiger partial charge on any atom is 0.213 e. The van der Waals surface area contributed by atoms with Gasteiger partial charge in [0.15, 0.2) is 0 Å².